The van der Waals surface area contributed by atoms with Gasteiger partial charge in [0.05, 0.1) is 13.2 Å². The summed E-state index contributed by atoms with van der Waals surface area (Å²) in [5.74, 6) is -0.735. The Morgan fingerprint density at radius 2 is 1.71 bits per heavy atom. The van der Waals surface area contributed by atoms with Crippen LogP contribution in [0.25, 0.3) is 0 Å². The lowest BCUT2D eigenvalue weighted by atomic mass is 9.98. The summed E-state index contributed by atoms with van der Waals surface area (Å²) in [4.78, 5) is 35.2. The van der Waals surface area contributed by atoms with Gasteiger partial charge >= 0.3 is 12.1 Å². The molecule has 0 fully saturated rings. The largest absolute Gasteiger partial charge is 0.466 e. The summed E-state index contributed by atoms with van der Waals surface area (Å²) in [5.41, 5.74) is -0.636. The molecule has 0 rings (SSSR count). The maximum atomic E-state index is 12.3. The molecule has 3 unspecified atom stereocenters. The molecule has 0 aliphatic heterocycles. The van der Waals surface area contributed by atoms with Crippen LogP contribution in [0, 0.1) is 5.92 Å². The number of alkyl carbamates (subject to hydrolysis) is 1. The Bertz CT molecular complexity index is 468. The zero-order chi connectivity index (χ0) is 18.9. The maximum absolute atomic E-state index is 12.3. The minimum atomic E-state index is -0.766. The van der Waals surface area contributed by atoms with E-state index in [9.17, 15) is 14.4 Å². The van der Waals surface area contributed by atoms with E-state index in [0.29, 0.717) is 0 Å². The van der Waals surface area contributed by atoms with Gasteiger partial charge in [0, 0.05) is 6.08 Å². The molecule has 0 saturated heterocycles. The van der Waals surface area contributed by atoms with Crippen LogP contribution in [0.4, 0.5) is 4.79 Å². The molecular weight excluding hydrogens is 312 g/mol. The van der Waals surface area contributed by atoms with Gasteiger partial charge in [0.15, 0.2) is 0 Å². The Hall–Kier alpha value is -2.05. The van der Waals surface area contributed by atoms with Crippen LogP contribution in [0.15, 0.2) is 12.2 Å². The molecule has 7 nitrogen and oxygen atoms in total. The van der Waals surface area contributed by atoms with E-state index in [0.717, 1.165) is 6.42 Å². The lowest BCUT2D eigenvalue weighted by Gasteiger charge is -2.25. The van der Waals surface area contributed by atoms with Gasteiger partial charge in [-0.15, -0.1) is 0 Å². The fourth-order valence-corrected chi connectivity index (χ4v) is 1.72. The Balaban J connectivity index is 4.77. The van der Waals surface area contributed by atoms with E-state index in [-0.39, 0.29) is 17.9 Å². The van der Waals surface area contributed by atoms with Crippen molar-refractivity contribution in [3.05, 3.63) is 12.2 Å². The van der Waals surface area contributed by atoms with Crippen LogP contribution in [0.1, 0.15) is 48.0 Å². The number of carbonyl (C=O) groups is 3. The van der Waals surface area contributed by atoms with Crippen LogP contribution < -0.4 is 10.6 Å². The highest BCUT2D eigenvalue weighted by atomic mass is 16.6. The van der Waals surface area contributed by atoms with Crippen molar-refractivity contribution in [1.29, 1.82) is 0 Å². The van der Waals surface area contributed by atoms with E-state index >= 15 is 0 Å². The van der Waals surface area contributed by atoms with Gasteiger partial charge in [-0.3, -0.25) is 4.79 Å². The number of methoxy groups -OCH3 is 1. The molecular formula is C17H30N2O5. The van der Waals surface area contributed by atoms with Crippen molar-refractivity contribution in [3.8, 4) is 0 Å². The van der Waals surface area contributed by atoms with Gasteiger partial charge in [0.2, 0.25) is 5.91 Å². The van der Waals surface area contributed by atoms with Crippen molar-refractivity contribution in [3.63, 3.8) is 0 Å². The molecule has 2 amide bonds. The average Bonchev–Trinajstić information content (AvgIpc) is 2.47. The predicted molar refractivity (Wildman–Crippen MR) is 91.4 cm³/mol. The van der Waals surface area contributed by atoms with E-state index in [4.69, 9.17) is 4.74 Å². The highest BCUT2D eigenvalue weighted by molar-refractivity contribution is 5.86. The number of carbonyl (C=O) groups excluding carboxylic acids is 3. The van der Waals surface area contributed by atoms with E-state index in [1.54, 1.807) is 33.8 Å². The quantitative estimate of drug-likeness (QED) is 0.546. The monoisotopic (exact) mass is 342 g/mol. The van der Waals surface area contributed by atoms with Gasteiger partial charge in [0.25, 0.3) is 0 Å². The molecule has 138 valence electrons. The molecule has 0 aromatic rings. The number of hydrogen-bond donors (Lipinski definition) is 2. The normalized spacial score (nSPS) is 15.3. The Labute approximate surface area is 144 Å². The predicted octanol–water partition coefficient (Wildman–Crippen LogP) is 2.16. The molecule has 7 heteroatoms. The molecule has 0 bridgehead atoms. The number of nitrogens with one attached hydrogen (secondary N) is 2. The molecule has 2 N–H and O–H groups in total. The third-order valence-electron chi connectivity index (χ3n) is 3.33. The summed E-state index contributed by atoms with van der Waals surface area (Å²) in [5, 5.41) is 5.30. The minimum Gasteiger partial charge on any atom is -0.466 e. The average molecular weight is 342 g/mol. The van der Waals surface area contributed by atoms with Crippen molar-refractivity contribution >= 4 is 18.0 Å². The van der Waals surface area contributed by atoms with Crippen LogP contribution in [-0.2, 0) is 19.1 Å². The Morgan fingerprint density at radius 1 is 1.12 bits per heavy atom. The van der Waals surface area contributed by atoms with Crippen molar-refractivity contribution in [2.45, 2.75) is 65.6 Å². The van der Waals surface area contributed by atoms with E-state index in [1.165, 1.54) is 13.2 Å². The first-order valence-electron chi connectivity index (χ1n) is 8.06. The third-order valence-corrected chi connectivity index (χ3v) is 3.33. The van der Waals surface area contributed by atoms with Crippen molar-refractivity contribution in [2.24, 2.45) is 5.92 Å². The van der Waals surface area contributed by atoms with Gasteiger partial charge in [0.1, 0.15) is 11.6 Å². The lowest BCUT2D eigenvalue weighted by Crippen LogP contribution is -2.50. The number of hydrogen-bond acceptors (Lipinski definition) is 5. The number of rotatable bonds is 7. The second kappa shape index (κ2) is 9.95. The highest BCUT2D eigenvalue weighted by Gasteiger charge is 2.23. The van der Waals surface area contributed by atoms with Crippen molar-refractivity contribution in [2.75, 3.05) is 7.11 Å². The molecule has 0 heterocycles. The molecule has 0 radical (unpaired) electrons. The zero-order valence-electron chi connectivity index (χ0n) is 15.6. The van der Waals surface area contributed by atoms with Crippen LogP contribution >= 0.6 is 0 Å². The van der Waals surface area contributed by atoms with Gasteiger partial charge in [-0.05, 0) is 33.6 Å². The second-order valence-corrected chi connectivity index (χ2v) is 6.67. The smallest absolute Gasteiger partial charge is 0.408 e. The van der Waals surface area contributed by atoms with E-state index in [1.807, 2.05) is 13.8 Å². The summed E-state index contributed by atoms with van der Waals surface area (Å²) >= 11 is 0. The van der Waals surface area contributed by atoms with Crippen LogP contribution in [0.3, 0.4) is 0 Å². The molecule has 0 aliphatic carbocycles. The molecule has 0 aliphatic rings. The molecule has 24 heavy (non-hydrogen) atoms. The summed E-state index contributed by atoms with van der Waals surface area (Å²) in [7, 11) is 1.29. The SMILES string of the molecule is CCC(C)C(C=CC(=O)OC)NC(=O)C(C)NC(=O)OC(C)(C)C. The number of ether oxygens (including phenoxy) is 2. The fraction of sp³-hybridized carbons (Fsp3) is 0.706. The summed E-state index contributed by atoms with van der Waals surface area (Å²) < 4.78 is 9.67. The summed E-state index contributed by atoms with van der Waals surface area (Å²) in [6, 6.07) is -1.11. The number of amides is 2. The fourth-order valence-electron chi connectivity index (χ4n) is 1.72. The van der Waals surface area contributed by atoms with Gasteiger partial charge in [-0.2, -0.15) is 0 Å². The van der Waals surface area contributed by atoms with Crippen LogP contribution in [0.5, 0.6) is 0 Å². The minimum absolute atomic E-state index is 0.114. The van der Waals surface area contributed by atoms with Gasteiger partial charge in [-0.25, -0.2) is 9.59 Å². The van der Waals surface area contributed by atoms with Gasteiger partial charge in [-0.1, -0.05) is 26.3 Å². The molecule has 0 aromatic heterocycles. The maximum Gasteiger partial charge on any atom is 0.408 e. The Morgan fingerprint density at radius 3 is 2.17 bits per heavy atom. The zero-order valence-corrected chi connectivity index (χ0v) is 15.6. The number of esters is 1. The van der Waals surface area contributed by atoms with Crippen LogP contribution in [0.2, 0.25) is 0 Å². The van der Waals surface area contributed by atoms with Crippen LogP contribution in [-0.4, -0.2) is 42.8 Å². The van der Waals surface area contributed by atoms with Gasteiger partial charge < -0.3 is 20.1 Å². The second-order valence-electron chi connectivity index (χ2n) is 6.67. The van der Waals surface area contributed by atoms with E-state index in [2.05, 4.69) is 15.4 Å². The summed E-state index contributed by atoms with van der Waals surface area (Å²) in [6.07, 6.45) is 3.03. The molecule has 0 saturated carbocycles. The van der Waals surface area contributed by atoms with E-state index < -0.39 is 23.7 Å². The topological polar surface area (TPSA) is 93.7 Å². The molecule has 0 spiro atoms. The standard InChI is InChI=1S/C17H30N2O5/c1-8-11(2)13(9-10-14(20)23-7)19-15(21)12(3)18-16(22)24-17(4,5)6/h9-13H,8H2,1-7H3,(H,18,22)(H,19,21). The first-order chi connectivity index (χ1) is 11.0. The summed E-state index contributed by atoms with van der Waals surface area (Å²) in [6.45, 7) is 10.7. The third kappa shape index (κ3) is 9.17. The first kappa shape index (κ1) is 21.9. The van der Waals surface area contributed by atoms with Crippen molar-refractivity contribution < 1.29 is 23.9 Å². The molecule has 3 atom stereocenters. The first-order valence-corrected chi connectivity index (χ1v) is 8.06. The van der Waals surface area contributed by atoms with Crippen molar-refractivity contribution in [1.82, 2.24) is 10.6 Å². The highest BCUT2D eigenvalue weighted by Crippen LogP contribution is 2.10. The lowest BCUT2D eigenvalue weighted by molar-refractivity contribution is -0.135. The Kier molecular flexibility index (Phi) is 9.10. The molecule has 0 aromatic carbocycles.